The van der Waals surface area contributed by atoms with Gasteiger partial charge in [-0.1, -0.05) is 0 Å². The van der Waals surface area contributed by atoms with Gasteiger partial charge in [-0.3, -0.25) is 0 Å². The Balaban J connectivity index is 2.29. The smallest absolute Gasteiger partial charge is 0.328 e. The van der Waals surface area contributed by atoms with Gasteiger partial charge in [0.25, 0.3) is 0 Å². The van der Waals surface area contributed by atoms with Crippen molar-refractivity contribution in [2.24, 2.45) is 0 Å². The summed E-state index contributed by atoms with van der Waals surface area (Å²) in [5.74, 6) is -1.29. The number of urea groups is 1. The number of amides is 2. The van der Waals surface area contributed by atoms with Gasteiger partial charge < -0.3 is 30.3 Å². The molecule has 18 heavy (non-hydrogen) atoms. The maximum absolute atomic E-state index is 11.4. The Morgan fingerprint density at radius 2 is 2.17 bits per heavy atom. The maximum atomic E-state index is 11.4. The van der Waals surface area contributed by atoms with E-state index in [0.29, 0.717) is 19.8 Å². The molecule has 1 aliphatic heterocycles. The van der Waals surface area contributed by atoms with Crippen LogP contribution in [-0.4, -0.2) is 66.8 Å². The third kappa shape index (κ3) is 4.86. The van der Waals surface area contributed by atoms with E-state index in [9.17, 15) is 14.7 Å². The van der Waals surface area contributed by atoms with Gasteiger partial charge >= 0.3 is 12.0 Å². The van der Waals surface area contributed by atoms with E-state index < -0.39 is 24.1 Å². The maximum Gasteiger partial charge on any atom is 0.328 e. The van der Waals surface area contributed by atoms with Crippen molar-refractivity contribution in [2.75, 3.05) is 26.4 Å². The molecule has 8 nitrogen and oxygen atoms in total. The third-order valence-electron chi connectivity index (χ3n) is 2.41. The van der Waals surface area contributed by atoms with Gasteiger partial charge in [-0.05, 0) is 6.92 Å². The zero-order chi connectivity index (χ0) is 13.5. The SMILES string of the molecule is CC(O)C(NC(=O)NCC1COCCO1)C(=O)O. The molecule has 3 unspecified atom stereocenters. The van der Waals surface area contributed by atoms with Crippen LogP contribution in [0.2, 0.25) is 0 Å². The zero-order valence-electron chi connectivity index (χ0n) is 10.1. The number of hydrogen-bond acceptors (Lipinski definition) is 5. The van der Waals surface area contributed by atoms with Gasteiger partial charge in [0, 0.05) is 6.54 Å². The number of carboxylic acid groups (broad SMARTS) is 1. The van der Waals surface area contributed by atoms with E-state index in [1.165, 1.54) is 6.92 Å². The van der Waals surface area contributed by atoms with Crippen molar-refractivity contribution in [2.45, 2.75) is 25.2 Å². The van der Waals surface area contributed by atoms with Crippen LogP contribution in [0.15, 0.2) is 0 Å². The number of ether oxygens (including phenoxy) is 2. The fourth-order valence-corrected chi connectivity index (χ4v) is 1.44. The van der Waals surface area contributed by atoms with E-state index in [-0.39, 0.29) is 12.6 Å². The summed E-state index contributed by atoms with van der Waals surface area (Å²) < 4.78 is 10.4. The van der Waals surface area contributed by atoms with Crippen LogP contribution in [0, 0.1) is 0 Å². The van der Waals surface area contributed by atoms with Crippen LogP contribution in [0.25, 0.3) is 0 Å². The number of rotatable bonds is 5. The first-order chi connectivity index (χ1) is 8.50. The molecular formula is C10H18N2O6. The summed E-state index contributed by atoms with van der Waals surface area (Å²) in [7, 11) is 0. The van der Waals surface area contributed by atoms with Gasteiger partial charge in [0.05, 0.1) is 32.0 Å². The number of carbonyl (C=O) groups excluding carboxylic acids is 1. The fraction of sp³-hybridized carbons (Fsp3) is 0.800. The Morgan fingerprint density at radius 1 is 1.44 bits per heavy atom. The molecule has 1 aliphatic rings. The number of hydrogen-bond donors (Lipinski definition) is 4. The quantitative estimate of drug-likeness (QED) is 0.481. The Labute approximate surface area is 104 Å². The molecule has 0 aliphatic carbocycles. The number of nitrogens with one attached hydrogen (secondary N) is 2. The molecule has 0 aromatic heterocycles. The molecule has 4 N–H and O–H groups in total. The summed E-state index contributed by atoms with van der Waals surface area (Å²) in [6.45, 7) is 2.90. The van der Waals surface area contributed by atoms with E-state index in [2.05, 4.69) is 10.6 Å². The molecule has 1 fully saturated rings. The summed E-state index contributed by atoms with van der Waals surface area (Å²) >= 11 is 0. The highest BCUT2D eigenvalue weighted by Crippen LogP contribution is 1.99. The lowest BCUT2D eigenvalue weighted by Gasteiger charge is -2.24. The molecule has 0 radical (unpaired) electrons. The van der Waals surface area contributed by atoms with Crippen molar-refractivity contribution < 1.29 is 29.3 Å². The molecule has 3 atom stereocenters. The van der Waals surface area contributed by atoms with Gasteiger partial charge in [0.2, 0.25) is 0 Å². The highest BCUT2D eigenvalue weighted by Gasteiger charge is 2.25. The van der Waals surface area contributed by atoms with Crippen LogP contribution in [0.3, 0.4) is 0 Å². The average molecular weight is 262 g/mol. The highest BCUT2D eigenvalue weighted by molar-refractivity contribution is 5.82. The van der Waals surface area contributed by atoms with Crippen molar-refractivity contribution >= 4 is 12.0 Å². The fourth-order valence-electron chi connectivity index (χ4n) is 1.44. The standard InChI is InChI=1S/C10H18N2O6/c1-6(13)8(9(14)15)12-10(16)11-4-7-5-17-2-3-18-7/h6-8,13H,2-5H2,1H3,(H,14,15)(H2,11,12,16). The average Bonchev–Trinajstić information content (AvgIpc) is 2.34. The topological polar surface area (TPSA) is 117 Å². The largest absolute Gasteiger partial charge is 0.480 e. The van der Waals surface area contributed by atoms with Gasteiger partial charge in [-0.25, -0.2) is 9.59 Å². The van der Waals surface area contributed by atoms with Crippen LogP contribution in [0.5, 0.6) is 0 Å². The third-order valence-corrected chi connectivity index (χ3v) is 2.41. The van der Waals surface area contributed by atoms with E-state index in [1.54, 1.807) is 0 Å². The molecule has 2 amide bonds. The van der Waals surface area contributed by atoms with Crippen molar-refractivity contribution in [3.8, 4) is 0 Å². The van der Waals surface area contributed by atoms with Crippen molar-refractivity contribution in [1.29, 1.82) is 0 Å². The second kappa shape index (κ2) is 7.14. The minimum absolute atomic E-state index is 0.220. The Morgan fingerprint density at radius 3 is 2.67 bits per heavy atom. The van der Waals surface area contributed by atoms with Crippen molar-refractivity contribution in [1.82, 2.24) is 10.6 Å². The first kappa shape index (κ1) is 14.7. The van der Waals surface area contributed by atoms with Gasteiger partial charge in [0.15, 0.2) is 6.04 Å². The molecule has 1 heterocycles. The van der Waals surface area contributed by atoms with Crippen molar-refractivity contribution in [3.05, 3.63) is 0 Å². The second-order valence-electron chi connectivity index (χ2n) is 3.98. The van der Waals surface area contributed by atoms with Crippen LogP contribution in [-0.2, 0) is 14.3 Å². The van der Waals surface area contributed by atoms with Crippen molar-refractivity contribution in [3.63, 3.8) is 0 Å². The van der Waals surface area contributed by atoms with E-state index in [1.807, 2.05) is 0 Å². The molecular weight excluding hydrogens is 244 g/mol. The monoisotopic (exact) mass is 262 g/mol. The van der Waals surface area contributed by atoms with Crippen LogP contribution < -0.4 is 10.6 Å². The summed E-state index contributed by atoms with van der Waals surface area (Å²) in [6, 6.07) is -2.01. The van der Waals surface area contributed by atoms with E-state index in [0.717, 1.165) is 0 Å². The van der Waals surface area contributed by atoms with Gasteiger partial charge in [-0.15, -0.1) is 0 Å². The Bertz CT molecular complexity index is 290. The minimum atomic E-state index is -1.34. The number of carbonyl (C=O) groups is 2. The summed E-state index contributed by atoms with van der Waals surface area (Å²) in [4.78, 5) is 22.1. The van der Waals surface area contributed by atoms with Crippen LogP contribution in [0.1, 0.15) is 6.92 Å². The van der Waals surface area contributed by atoms with E-state index >= 15 is 0 Å². The predicted molar refractivity (Wildman–Crippen MR) is 60.2 cm³/mol. The van der Waals surface area contributed by atoms with E-state index in [4.69, 9.17) is 14.6 Å². The molecule has 1 rings (SSSR count). The Hall–Kier alpha value is -1.38. The summed E-state index contributed by atoms with van der Waals surface area (Å²) in [5, 5.41) is 22.6. The van der Waals surface area contributed by atoms with Crippen LogP contribution >= 0.6 is 0 Å². The molecule has 104 valence electrons. The molecule has 0 spiro atoms. The number of aliphatic carboxylic acids is 1. The lowest BCUT2D eigenvalue weighted by molar-refractivity contribution is -0.141. The molecule has 0 saturated carbocycles. The molecule has 0 aromatic rings. The lowest BCUT2D eigenvalue weighted by atomic mass is 10.2. The molecule has 0 bridgehead atoms. The second-order valence-corrected chi connectivity index (χ2v) is 3.98. The highest BCUT2D eigenvalue weighted by atomic mass is 16.6. The zero-order valence-corrected chi connectivity index (χ0v) is 10.1. The van der Waals surface area contributed by atoms with Gasteiger partial charge in [0.1, 0.15) is 0 Å². The number of carboxylic acids is 1. The normalized spacial score (nSPS) is 22.9. The molecule has 1 saturated heterocycles. The summed E-state index contributed by atoms with van der Waals surface area (Å²) in [6.07, 6.45) is -1.41. The predicted octanol–water partition coefficient (Wildman–Crippen LogP) is -1.46. The number of aliphatic hydroxyl groups is 1. The lowest BCUT2D eigenvalue weighted by Crippen LogP contribution is -2.52. The first-order valence-corrected chi connectivity index (χ1v) is 5.65. The van der Waals surface area contributed by atoms with Crippen LogP contribution in [0.4, 0.5) is 4.79 Å². The van der Waals surface area contributed by atoms with Gasteiger partial charge in [-0.2, -0.15) is 0 Å². The number of aliphatic hydroxyl groups excluding tert-OH is 1. The minimum Gasteiger partial charge on any atom is -0.480 e. The molecule has 0 aromatic carbocycles. The molecule has 8 heteroatoms. The Kier molecular flexibility index (Phi) is 5.83. The summed E-state index contributed by atoms with van der Waals surface area (Å²) in [5.41, 5.74) is 0. The first-order valence-electron chi connectivity index (χ1n) is 5.65.